The van der Waals surface area contributed by atoms with Gasteiger partial charge in [0, 0.05) is 45.8 Å². The summed E-state index contributed by atoms with van der Waals surface area (Å²) in [5.74, 6) is 1.21. The zero-order valence-electron chi connectivity index (χ0n) is 19.9. The topological polar surface area (TPSA) is 61.4 Å². The lowest BCUT2D eigenvalue weighted by Gasteiger charge is -2.35. The Hall–Kier alpha value is -1.74. The maximum Gasteiger partial charge on any atom is 0.191 e. The zero-order chi connectivity index (χ0) is 22.8. The minimum Gasteiger partial charge on any atom is -0.379 e. The molecule has 2 aliphatic rings. The smallest absolute Gasteiger partial charge is 0.191 e. The molecule has 32 heavy (non-hydrogen) atoms. The number of morpholine rings is 2. The Morgan fingerprint density at radius 2 is 2.00 bits per heavy atom. The van der Waals surface area contributed by atoms with Crippen LogP contribution >= 0.6 is 0 Å². The average Bonchev–Trinajstić information content (AvgIpc) is 2.78. The van der Waals surface area contributed by atoms with Gasteiger partial charge in [0.05, 0.1) is 38.5 Å². The highest BCUT2D eigenvalue weighted by atomic mass is 19.1. The number of hydrogen-bond acceptors (Lipinski definition) is 5. The number of benzene rings is 1. The largest absolute Gasteiger partial charge is 0.379 e. The van der Waals surface area contributed by atoms with Gasteiger partial charge in [-0.25, -0.2) is 4.39 Å². The van der Waals surface area contributed by atoms with Gasteiger partial charge in [-0.15, -0.1) is 0 Å². The van der Waals surface area contributed by atoms with Crippen molar-refractivity contribution in [3.8, 4) is 0 Å². The summed E-state index contributed by atoms with van der Waals surface area (Å²) in [4.78, 5) is 9.68. The van der Waals surface area contributed by atoms with Crippen LogP contribution in [-0.4, -0.2) is 94.0 Å². The van der Waals surface area contributed by atoms with Gasteiger partial charge in [-0.2, -0.15) is 0 Å². The van der Waals surface area contributed by atoms with Crippen LogP contribution in [0, 0.1) is 11.7 Å². The molecule has 2 N–H and O–H groups in total. The highest BCUT2D eigenvalue weighted by Crippen LogP contribution is 2.23. The molecule has 0 spiro atoms. The van der Waals surface area contributed by atoms with Crippen molar-refractivity contribution < 1.29 is 13.9 Å². The summed E-state index contributed by atoms with van der Waals surface area (Å²) in [5.41, 5.74) is 0.950. The van der Waals surface area contributed by atoms with Crippen LogP contribution in [0.2, 0.25) is 0 Å². The van der Waals surface area contributed by atoms with Crippen molar-refractivity contribution in [2.75, 3.05) is 72.2 Å². The standard InChI is InChI=1S/C24H40FN5O2/c1-4-26-24(27-15-22-18-29(8-13-32-22)17-19(2)3)28-16-23(30-9-11-31-12-10-30)20-6-5-7-21(25)14-20/h5-7,14,19,22-23H,4,8-13,15-18H2,1-3H3,(H2,26,27,28). The summed E-state index contributed by atoms with van der Waals surface area (Å²) in [6, 6.07) is 6.88. The third kappa shape index (κ3) is 7.99. The Labute approximate surface area is 192 Å². The van der Waals surface area contributed by atoms with Gasteiger partial charge < -0.3 is 20.1 Å². The predicted molar refractivity (Wildman–Crippen MR) is 127 cm³/mol. The van der Waals surface area contributed by atoms with Crippen LogP contribution in [0.1, 0.15) is 32.4 Å². The van der Waals surface area contributed by atoms with Crippen molar-refractivity contribution >= 4 is 5.96 Å². The molecule has 0 saturated carbocycles. The normalized spacial score (nSPS) is 22.2. The van der Waals surface area contributed by atoms with Crippen molar-refractivity contribution in [3.63, 3.8) is 0 Å². The summed E-state index contributed by atoms with van der Waals surface area (Å²) >= 11 is 0. The molecular formula is C24H40FN5O2. The number of aliphatic imine (C=N–C) groups is 1. The molecule has 0 aromatic heterocycles. The SMILES string of the molecule is CCNC(=NCC(c1cccc(F)c1)N1CCOCC1)NCC1CN(CC(C)C)CCO1. The molecule has 8 heteroatoms. The molecule has 2 atom stereocenters. The Balaban J connectivity index is 1.63. The third-order valence-corrected chi connectivity index (χ3v) is 5.83. The second-order valence-corrected chi connectivity index (χ2v) is 8.97. The van der Waals surface area contributed by atoms with E-state index in [-0.39, 0.29) is 18.0 Å². The van der Waals surface area contributed by atoms with Gasteiger partial charge in [-0.1, -0.05) is 26.0 Å². The molecule has 0 aliphatic carbocycles. The highest BCUT2D eigenvalue weighted by Gasteiger charge is 2.24. The fourth-order valence-corrected chi connectivity index (χ4v) is 4.35. The zero-order valence-corrected chi connectivity index (χ0v) is 19.9. The number of guanidine groups is 1. The molecule has 2 fully saturated rings. The van der Waals surface area contributed by atoms with Crippen LogP contribution in [0.25, 0.3) is 0 Å². The van der Waals surface area contributed by atoms with Gasteiger partial charge >= 0.3 is 0 Å². The molecule has 180 valence electrons. The number of ether oxygens (including phenoxy) is 2. The number of nitrogens with zero attached hydrogens (tertiary/aromatic N) is 3. The van der Waals surface area contributed by atoms with Crippen molar-refractivity contribution in [1.82, 2.24) is 20.4 Å². The third-order valence-electron chi connectivity index (χ3n) is 5.83. The lowest BCUT2D eigenvalue weighted by Crippen LogP contribution is -2.50. The summed E-state index contributed by atoms with van der Waals surface area (Å²) in [6.45, 7) is 15.4. The summed E-state index contributed by atoms with van der Waals surface area (Å²) < 4.78 is 25.4. The van der Waals surface area contributed by atoms with Crippen molar-refractivity contribution in [1.29, 1.82) is 0 Å². The molecule has 2 heterocycles. The minimum atomic E-state index is -0.213. The van der Waals surface area contributed by atoms with Crippen LogP contribution in [0.15, 0.2) is 29.3 Å². The van der Waals surface area contributed by atoms with E-state index in [2.05, 4.69) is 41.2 Å². The van der Waals surface area contributed by atoms with E-state index in [1.54, 1.807) is 12.1 Å². The van der Waals surface area contributed by atoms with Crippen molar-refractivity contribution in [2.45, 2.75) is 32.9 Å². The molecule has 3 rings (SSSR count). The first kappa shape index (κ1) is 24.9. The fourth-order valence-electron chi connectivity index (χ4n) is 4.35. The van der Waals surface area contributed by atoms with Crippen LogP contribution in [0.4, 0.5) is 4.39 Å². The van der Waals surface area contributed by atoms with Gasteiger partial charge in [-0.3, -0.25) is 14.8 Å². The first-order valence-corrected chi connectivity index (χ1v) is 12.0. The van der Waals surface area contributed by atoms with Gasteiger partial charge in [0.15, 0.2) is 5.96 Å². The Bertz CT molecular complexity index is 711. The highest BCUT2D eigenvalue weighted by molar-refractivity contribution is 5.79. The molecule has 7 nitrogen and oxygen atoms in total. The van der Waals surface area contributed by atoms with E-state index in [1.165, 1.54) is 6.07 Å². The molecule has 2 aliphatic heterocycles. The summed E-state index contributed by atoms with van der Waals surface area (Å²) in [5, 5.41) is 6.79. The first-order valence-electron chi connectivity index (χ1n) is 12.0. The minimum absolute atomic E-state index is 0.0116. The van der Waals surface area contributed by atoms with Crippen LogP contribution in [-0.2, 0) is 9.47 Å². The van der Waals surface area contributed by atoms with E-state index in [0.29, 0.717) is 32.2 Å². The van der Waals surface area contributed by atoms with E-state index in [9.17, 15) is 4.39 Å². The monoisotopic (exact) mass is 449 g/mol. The second kappa shape index (κ2) is 13.1. The Kier molecular flexibility index (Phi) is 10.2. The quantitative estimate of drug-likeness (QED) is 0.445. The van der Waals surface area contributed by atoms with E-state index in [4.69, 9.17) is 14.5 Å². The first-order chi connectivity index (χ1) is 15.5. The molecule has 1 aromatic rings. The van der Waals surface area contributed by atoms with Gasteiger partial charge in [0.25, 0.3) is 0 Å². The number of halogens is 1. The number of nitrogens with one attached hydrogen (secondary N) is 2. The lowest BCUT2D eigenvalue weighted by atomic mass is 10.0. The van der Waals surface area contributed by atoms with Crippen LogP contribution in [0.5, 0.6) is 0 Å². The van der Waals surface area contributed by atoms with Crippen molar-refractivity contribution in [3.05, 3.63) is 35.6 Å². The lowest BCUT2D eigenvalue weighted by molar-refractivity contribution is -0.0284. The molecule has 2 saturated heterocycles. The molecule has 1 aromatic carbocycles. The van der Waals surface area contributed by atoms with E-state index < -0.39 is 0 Å². The fraction of sp³-hybridized carbons (Fsp3) is 0.708. The van der Waals surface area contributed by atoms with Gasteiger partial charge in [0.2, 0.25) is 0 Å². The Morgan fingerprint density at radius 1 is 1.19 bits per heavy atom. The maximum absolute atomic E-state index is 13.9. The van der Waals surface area contributed by atoms with E-state index >= 15 is 0 Å². The molecule has 0 bridgehead atoms. The molecule has 2 unspecified atom stereocenters. The molecular weight excluding hydrogens is 409 g/mol. The maximum atomic E-state index is 13.9. The second-order valence-electron chi connectivity index (χ2n) is 8.97. The summed E-state index contributed by atoms with van der Waals surface area (Å²) in [6.07, 6.45) is 0.143. The number of rotatable bonds is 9. The van der Waals surface area contributed by atoms with Gasteiger partial charge in [-0.05, 0) is 30.5 Å². The molecule has 0 amide bonds. The van der Waals surface area contributed by atoms with Crippen LogP contribution in [0.3, 0.4) is 0 Å². The predicted octanol–water partition coefficient (Wildman–Crippen LogP) is 2.11. The van der Waals surface area contributed by atoms with E-state index in [0.717, 1.165) is 57.4 Å². The van der Waals surface area contributed by atoms with Gasteiger partial charge in [0.1, 0.15) is 5.82 Å². The van der Waals surface area contributed by atoms with Crippen molar-refractivity contribution in [2.24, 2.45) is 10.9 Å². The average molecular weight is 450 g/mol. The summed E-state index contributed by atoms with van der Waals surface area (Å²) in [7, 11) is 0. The van der Waals surface area contributed by atoms with Crippen LogP contribution < -0.4 is 10.6 Å². The van der Waals surface area contributed by atoms with E-state index in [1.807, 2.05) is 6.07 Å². The molecule has 0 radical (unpaired) electrons. The number of hydrogen-bond donors (Lipinski definition) is 2. The Morgan fingerprint density at radius 3 is 2.72 bits per heavy atom.